The summed E-state index contributed by atoms with van der Waals surface area (Å²) >= 11 is 0. The van der Waals surface area contributed by atoms with Crippen molar-refractivity contribution in [3.8, 4) is 6.07 Å². The van der Waals surface area contributed by atoms with E-state index in [9.17, 15) is 4.79 Å². The molecule has 0 spiro atoms. The standard InChI is InChI=1S/C7H8N2O2/c8-3-7(9-5-10)6-1-2-11-4-6/h6-7H,1-2,4H2. The van der Waals surface area contributed by atoms with Crippen LogP contribution in [0.4, 0.5) is 0 Å². The SMILES string of the molecule is N#CC(N=C=O)C1CCOC1. The molecule has 2 atom stereocenters. The van der Waals surface area contributed by atoms with Crippen LogP contribution in [0.2, 0.25) is 0 Å². The molecule has 0 saturated carbocycles. The van der Waals surface area contributed by atoms with E-state index < -0.39 is 6.04 Å². The van der Waals surface area contributed by atoms with Crippen LogP contribution in [0.25, 0.3) is 0 Å². The molecule has 1 aliphatic rings. The third kappa shape index (κ3) is 1.87. The molecular weight excluding hydrogens is 144 g/mol. The average molecular weight is 152 g/mol. The highest BCUT2D eigenvalue weighted by atomic mass is 16.5. The number of nitrogens with zero attached hydrogens (tertiary/aromatic N) is 2. The second-order valence-electron chi connectivity index (χ2n) is 2.42. The van der Waals surface area contributed by atoms with Gasteiger partial charge in [-0.05, 0) is 6.42 Å². The zero-order valence-corrected chi connectivity index (χ0v) is 5.99. The second kappa shape index (κ2) is 3.87. The van der Waals surface area contributed by atoms with Crippen LogP contribution < -0.4 is 0 Å². The molecule has 1 heterocycles. The van der Waals surface area contributed by atoms with Gasteiger partial charge in [0.1, 0.15) is 0 Å². The highest BCUT2D eigenvalue weighted by Gasteiger charge is 2.24. The molecular formula is C7H8N2O2. The smallest absolute Gasteiger partial charge is 0.236 e. The fourth-order valence-corrected chi connectivity index (χ4v) is 1.10. The van der Waals surface area contributed by atoms with Crippen molar-refractivity contribution in [2.24, 2.45) is 10.9 Å². The predicted molar refractivity (Wildman–Crippen MR) is 36.4 cm³/mol. The molecule has 1 rings (SSSR count). The number of isocyanates is 1. The van der Waals surface area contributed by atoms with Gasteiger partial charge in [-0.15, -0.1) is 0 Å². The number of hydrogen-bond acceptors (Lipinski definition) is 4. The fraction of sp³-hybridized carbons (Fsp3) is 0.714. The number of rotatable bonds is 2. The molecule has 0 aromatic carbocycles. The normalized spacial score (nSPS) is 25.2. The zero-order valence-electron chi connectivity index (χ0n) is 5.99. The fourth-order valence-electron chi connectivity index (χ4n) is 1.10. The van der Waals surface area contributed by atoms with Crippen molar-refractivity contribution in [3.63, 3.8) is 0 Å². The van der Waals surface area contributed by atoms with Gasteiger partial charge < -0.3 is 4.74 Å². The predicted octanol–water partition coefficient (Wildman–Crippen LogP) is 0.251. The Kier molecular flexibility index (Phi) is 2.79. The van der Waals surface area contributed by atoms with Crippen LogP contribution in [-0.4, -0.2) is 25.3 Å². The molecule has 4 nitrogen and oxygen atoms in total. The minimum absolute atomic E-state index is 0.0847. The Morgan fingerprint density at radius 2 is 2.55 bits per heavy atom. The summed E-state index contributed by atoms with van der Waals surface area (Å²) in [4.78, 5) is 13.2. The molecule has 11 heavy (non-hydrogen) atoms. The van der Waals surface area contributed by atoms with E-state index in [1.165, 1.54) is 6.08 Å². The average Bonchev–Trinajstić information content (AvgIpc) is 2.52. The van der Waals surface area contributed by atoms with Crippen LogP contribution in [0, 0.1) is 17.2 Å². The monoisotopic (exact) mass is 152 g/mol. The molecule has 1 aliphatic heterocycles. The third-order valence-electron chi connectivity index (χ3n) is 1.74. The van der Waals surface area contributed by atoms with Gasteiger partial charge in [-0.1, -0.05) is 0 Å². The minimum Gasteiger partial charge on any atom is -0.381 e. The van der Waals surface area contributed by atoms with E-state index in [0.717, 1.165) is 6.42 Å². The summed E-state index contributed by atoms with van der Waals surface area (Å²) in [6, 6.07) is 1.38. The first-order chi connectivity index (χ1) is 5.38. The van der Waals surface area contributed by atoms with Gasteiger partial charge >= 0.3 is 0 Å². The van der Waals surface area contributed by atoms with Crippen molar-refractivity contribution in [1.29, 1.82) is 5.26 Å². The van der Waals surface area contributed by atoms with E-state index >= 15 is 0 Å². The molecule has 4 heteroatoms. The number of carbonyl (C=O) groups excluding carboxylic acids is 1. The van der Waals surface area contributed by atoms with Gasteiger partial charge in [0.15, 0.2) is 6.04 Å². The minimum atomic E-state index is -0.560. The first-order valence-electron chi connectivity index (χ1n) is 3.43. The molecule has 0 N–H and O–H groups in total. The molecule has 58 valence electrons. The maximum atomic E-state index is 9.85. The quantitative estimate of drug-likeness (QED) is 0.421. The van der Waals surface area contributed by atoms with E-state index in [1.54, 1.807) is 0 Å². The van der Waals surface area contributed by atoms with Crippen LogP contribution in [0.15, 0.2) is 4.99 Å². The molecule has 0 aliphatic carbocycles. The lowest BCUT2D eigenvalue weighted by molar-refractivity contribution is 0.184. The Morgan fingerprint density at radius 1 is 1.73 bits per heavy atom. The summed E-state index contributed by atoms with van der Waals surface area (Å²) in [6.45, 7) is 1.20. The maximum absolute atomic E-state index is 9.85. The Hall–Kier alpha value is -1.17. The van der Waals surface area contributed by atoms with Crippen LogP contribution in [-0.2, 0) is 9.53 Å². The van der Waals surface area contributed by atoms with Crippen molar-refractivity contribution in [3.05, 3.63) is 0 Å². The van der Waals surface area contributed by atoms with Crippen molar-refractivity contribution in [2.75, 3.05) is 13.2 Å². The summed E-state index contributed by atoms with van der Waals surface area (Å²) in [5.41, 5.74) is 0. The first-order valence-corrected chi connectivity index (χ1v) is 3.43. The summed E-state index contributed by atoms with van der Waals surface area (Å²) < 4.78 is 5.05. The van der Waals surface area contributed by atoms with Gasteiger partial charge in [-0.3, -0.25) is 0 Å². The van der Waals surface area contributed by atoms with Crippen LogP contribution >= 0.6 is 0 Å². The lowest BCUT2D eigenvalue weighted by Gasteiger charge is -2.06. The third-order valence-corrected chi connectivity index (χ3v) is 1.74. The van der Waals surface area contributed by atoms with Gasteiger partial charge in [0.25, 0.3) is 0 Å². The van der Waals surface area contributed by atoms with Crippen molar-refractivity contribution in [2.45, 2.75) is 12.5 Å². The molecule has 2 unspecified atom stereocenters. The van der Waals surface area contributed by atoms with Crippen LogP contribution in [0.1, 0.15) is 6.42 Å². The molecule has 0 radical (unpaired) electrons. The number of nitriles is 1. The topological polar surface area (TPSA) is 62.5 Å². The highest BCUT2D eigenvalue weighted by Crippen LogP contribution is 2.18. The molecule has 0 aromatic heterocycles. The first kappa shape index (κ1) is 7.93. The summed E-state index contributed by atoms with van der Waals surface area (Å²) in [7, 11) is 0. The Morgan fingerprint density at radius 3 is 3.00 bits per heavy atom. The Labute approximate surface area is 64.5 Å². The van der Waals surface area contributed by atoms with Crippen LogP contribution in [0.5, 0.6) is 0 Å². The summed E-state index contributed by atoms with van der Waals surface area (Å²) in [5.74, 6) is 0.0847. The number of hydrogen-bond donors (Lipinski definition) is 0. The maximum Gasteiger partial charge on any atom is 0.236 e. The zero-order chi connectivity index (χ0) is 8.10. The Bertz CT molecular complexity index is 209. The van der Waals surface area contributed by atoms with Crippen molar-refractivity contribution in [1.82, 2.24) is 0 Å². The van der Waals surface area contributed by atoms with E-state index in [-0.39, 0.29) is 5.92 Å². The lowest BCUT2D eigenvalue weighted by atomic mass is 10.0. The van der Waals surface area contributed by atoms with E-state index in [0.29, 0.717) is 13.2 Å². The molecule has 0 bridgehead atoms. The highest BCUT2D eigenvalue weighted by molar-refractivity contribution is 5.34. The van der Waals surface area contributed by atoms with Gasteiger partial charge in [-0.25, -0.2) is 4.79 Å². The lowest BCUT2D eigenvalue weighted by Crippen LogP contribution is -2.16. The molecule has 1 saturated heterocycles. The largest absolute Gasteiger partial charge is 0.381 e. The van der Waals surface area contributed by atoms with Crippen molar-refractivity contribution < 1.29 is 9.53 Å². The van der Waals surface area contributed by atoms with Crippen LogP contribution in [0.3, 0.4) is 0 Å². The van der Waals surface area contributed by atoms with Gasteiger partial charge in [-0.2, -0.15) is 10.3 Å². The van der Waals surface area contributed by atoms with Gasteiger partial charge in [0.05, 0.1) is 12.7 Å². The van der Waals surface area contributed by atoms with E-state index in [1.807, 2.05) is 6.07 Å². The number of ether oxygens (including phenoxy) is 1. The van der Waals surface area contributed by atoms with Gasteiger partial charge in [0, 0.05) is 12.5 Å². The van der Waals surface area contributed by atoms with E-state index in [2.05, 4.69) is 4.99 Å². The molecule has 1 fully saturated rings. The van der Waals surface area contributed by atoms with Gasteiger partial charge in [0.2, 0.25) is 6.08 Å². The summed E-state index contributed by atoms with van der Waals surface area (Å²) in [5, 5.41) is 8.54. The van der Waals surface area contributed by atoms with E-state index in [4.69, 9.17) is 10.00 Å². The molecule has 0 amide bonds. The van der Waals surface area contributed by atoms with Crippen molar-refractivity contribution >= 4 is 6.08 Å². The molecule has 0 aromatic rings. The number of aliphatic imine (C=N–C) groups is 1. The second-order valence-corrected chi connectivity index (χ2v) is 2.42. The Balaban J connectivity index is 2.55. The summed E-state index contributed by atoms with van der Waals surface area (Å²) in [6.07, 6.45) is 2.20.